The lowest BCUT2D eigenvalue weighted by molar-refractivity contribution is 0.274. The van der Waals surface area contributed by atoms with Crippen LogP contribution < -0.4 is 19.8 Å². The average molecular weight is 464 g/mol. The maximum Gasteiger partial charge on any atom is 0.297 e. The summed E-state index contributed by atoms with van der Waals surface area (Å²) in [6.07, 6.45) is 5.90. The molecule has 0 saturated carbocycles. The largest absolute Gasteiger partial charge is 0.494 e. The number of hydrogen-bond acceptors (Lipinski definition) is 4. The second-order valence-electron chi connectivity index (χ2n) is 8.72. The monoisotopic (exact) mass is 463 g/mol. The minimum absolute atomic E-state index is 0.170. The third kappa shape index (κ3) is 6.66. The Kier molecular flexibility index (Phi) is 9.62. The number of aryl methyl sites for hydroxylation is 1. The molecular formula is C29H37NO4. The van der Waals surface area contributed by atoms with Gasteiger partial charge >= 0.3 is 0 Å². The maximum atomic E-state index is 13.7. The number of hydrogen-bond donors (Lipinski definition) is 0. The molecule has 0 amide bonds. The summed E-state index contributed by atoms with van der Waals surface area (Å²) in [6, 6.07) is 15.8. The summed E-state index contributed by atoms with van der Waals surface area (Å²) < 4.78 is 20.1. The third-order valence-electron chi connectivity index (χ3n) is 5.60. The van der Waals surface area contributed by atoms with Crippen LogP contribution in [0.3, 0.4) is 0 Å². The lowest BCUT2D eigenvalue weighted by Gasteiger charge is -2.19. The molecule has 0 radical (unpaired) electrons. The van der Waals surface area contributed by atoms with Gasteiger partial charge in [0, 0.05) is 18.0 Å². The first-order valence-corrected chi connectivity index (χ1v) is 12.3. The number of ether oxygens (including phenoxy) is 3. The van der Waals surface area contributed by atoms with Crippen LogP contribution in [0.25, 0.3) is 10.9 Å². The summed E-state index contributed by atoms with van der Waals surface area (Å²) in [5.74, 6) is 1.51. The van der Waals surface area contributed by atoms with E-state index in [9.17, 15) is 4.79 Å². The van der Waals surface area contributed by atoms with Gasteiger partial charge in [0.2, 0.25) is 5.75 Å². The smallest absolute Gasteiger partial charge is 0.297 e. The van der Waals surface area contributed by atoms with Crippen molar-refractivity contribution < 1.29 is 14.2 Å². The Morgan fingerprint density at radius 1 is 0.912 bits per heavy atom. The standard InChI is InChI=1S/C29H37NO4/c1-5-7-17-30-26-20-24(32-18-8-6-2)14-15-25(26)27(34-21-23-12-10-9-11-13-23)28(29(30)31)33-19-16-22(3)4/h9-16,20H,5-8,17-19,21H2,1-4H3. The first-order valence-electron chi connectivity index (χ1n) is 12.3. The van der Waals surface area contributed by atoms with Crippen LogP contribution in [0, 0.1) is 0 Å². The molecule has 0 saturated heterocycles. The molecule has 3 aromatic rings. The summed E-state index contributed by atoms with van der Waals surface area (Å²) in [5, 5.41) is 0.849. The zero-order chi connectivity index (χ0) is 24.3. The van der Waals surface area contributed by atoms with Crippen LogP contribution in [0.1, 0.15) is 58.9 Å². The highest BCUT2D eigenvalue weighted by Crippen LogP contribution is 2.35. The SMILES string of the molecule is CCCCOc1ccc2c(OCc3ccccc3)c(OCC=C(C)C)c(=O)n(CCCC)c2c1. The van der Waals surface area contributed by atoms with Gasteiger partial charge in [0.15, 0.2) is 5.75 Å². The number of aromatic nitrogens is 1. The van der Waals surface area contributed by atoms with E-state index in [1.54, 1.807) is 4.57 Å². The molecule has 34 heavy (non-hydrogen) atoms. The summed E-state index contributed by atoms with van der Waals surface area (Å²) in [7, 11) is 0. The summed E-state index contributed by atoms with van der Waals surface area (Å²) in [5.41, 5.74) is 2.80. The fraction of sp³-hybridized carbons (Fsp3) is 0.414. The number of pyridine rings is 1. The van der Waals surface area contributed by atoms with Crippen LogP contribution in [0.2, 0.25) is 0 Å². The summed E-state index contributed by atoms with van der Waals surface area (Å²) in [6.45, 7) is 10.2. The Balaban J connectivity index is 2.11. The molecule has 3 rings (SSSR count). The van der Waals surface area contributed by atoms with Gasteiger partial charge in [0.25, 0.3) is 5.56 Å². The van der Waals surface area contributed by atoms with Crippen molar-refractivity contribution in [3.05, 3.63) is 76.1 Å². The van der Waals surface area contributed by atoms with E-state index >= 15 is 0 Å². The number of benzene rings is 2. The van der Waals surface area contributed by atoms with Crippen molar-refractivity contribution in [1.82, 2.24) is 4.57 Å². The number of nitrogens with zero attached hydrogens (tertiary/aromatic N) is 1. The van der Waals surface area contributed by atoms with Gasteiger partial charge < -0.3 is 18.8 Å². The van der Waals surface area contributed by atoms with Gasteiger partial charge in [0.05, 0.1) is 12.1 Å². The van der Waals surface area contributed by atoms with Gasteiger partial charge in [-0.3, -0.25) is 4.79 Å². The Hall–Kier alpha value is -3.21. The van der Waals surface area contributed by atoms with Crippen molar-refractivity contribution in [3.63, 3.8) is 0 Å². The van der Waals surface area contributed by atoms with E-state index in [0.717, 1.165) is 53.5 Å². The number of unbranched alkanes of at least 4 members (excludes halogenated alkanes) is 2. The Labute approximate surface area is 203 Å². The summed E-state index contributed by atoms with van der Waals surface area (Å²) in [4.78, 5) is 13.7. The lowest BCUT2D eigenvalue weighted by atomic mass is 10.1. The Morgan fingerprint density at radius 3 is 2.38 bits per heavy atom. The van der Waals surface area contributed by atoms with Crippen LogP contribution in [0.5, 0.6) is 17.2 Å². The molecule has 182 valence electrons. The second kappa shape index (κ2) is 12.9. The van der Waals surface area contributed by atoms with Crippen molar-refractivity contribution in [2.24, 2.45) is 0 Å². The molecule has 0 N–H and O–H groups in total. The van der Waals surface area contributed by atoms with Crippen LogP contribution in [0.4, 0.5) is 0 Å². The first kappa shape index (κ1) is 25.4. The van der Waals surface area contributed by atoms with Gasteiger partial charge in [-0.2, -0.15) is 0 Å². The molecule has 0 aliphatic carbocycles. The van der Waals surface area contributed by atoms with Crippen molar-refractivity contribution in [3.8, 4) is 17.2 Å². The van der Waals surface area contributed by atoms with E-state index in [2.05, 4.69) is 13.8 Å². The highest BCUT2D eigenvalue weighted by Gasteiger charge is 2.20. The number of allylic oxidation sites excluding steroid dienone is 1. The molecule has 1 heterocycles. The normalized spacial score (nSPS) is 10.8. The van der Waals surface area contributed by atoms with Crippen molar-refractivity contribution >= 4 is 10.9 Å². The minimum Gasteiger partial charge on any atom is -0.494 e. The van der Waals surface area contributed by atoms with E-state index in [0.29, 0.717) is 32.1 Å². The molecule has 5 nitrogen and oxygen atoms in total. The average Bonchev–Trinajstić information content (AvgIpc) is 2.84. The van der Waals surface area contributed by atoms with Crippen LogP contribution >= 0.6 is 0 Å². The van der Waals surface area contributed by atoms with Gasteiger partial charge in [-0.1, -0.05) is 62.6 Å². The van der Waals surface area contributed by atoms with E-state index in [-0.39, 0.29) is 11.3 Å². The molecular weight excluding hydrogens is 426 g/mol. The van der Waals surface area contributed by atoms with Crippen molar-refractivity contribution in [2.45, 2.75) is 66.5 Å². The van der Waals surface area contributed by atoms with E-state index in [1.165, 1.54) is 0 Å². The van der Waals surface area contributed by atoms with Crippen molar-refractivity contribution in [1.29, 1.82) is 0 Å². The van der Waals surface area contributed by atoms with Crippen LogP contribution in [0.15, 0.2) is 65.0 Å². The topological polar surface area (TPSA) is 49.7 Å². The van der Waals surface area contributed by atoms with Gasteiger partial charge in [-0.25, -0.2) is 0 Å². The van der Waals surface area contributed by atoms with E-state index in [1.807, 2.05) is 68.5 Å². The molecule has 0 aliphatic rings. The highest BCUT2D eigenvalue weighted by molar-refractivity contribution is 5.89. The fourth-order valence-electron chi connectivity index (χ4n) is 3.63. The van der Waals surface area contributed by atoms with E-state index in [4.69, 9.17) is 14.2 Å². The third-order valence-corrected chi connectivity index (χ3v) is 5.60. The number of rotatable bonds is 13. The molecule has 2 aromatic carbocycles. The molecule has 0 bridgehead atoms. The zero-order valence-electron chi connectivity index (χ0n) is 20.9. The Morgan fingerprint density at radius 2 is 1.68 bits per heavy atom. The minimum atomic E-state index is -0.170. The van der Waals surface area contributed by atoms with Crippen LogP contribution in [-0.4, -0.2) is 17.8 Å². The fourth-order valence-corrected chi connectivity index (χ4v) is 3.63. The zero-order valence-corrected chi connectivity index (χ0v) is 20.9. The molecule has 0 atom stereocenters. The molecule has 0 aliphatic heterocycles. The molecule has 0 spiro atoms. The van der Waals surface area contributed by atoms with Crippen molar-refractivity contribution in [2.75, 3.05) is 13.2 Å². The predicted octanol–water partition coefficient (Wildman–Crippen LogP) is 6.90. The quantitative estimate of drug-likeness (QED) is 0.204. The predicted molar refractivity (Wildman–Crippen MR) is 139 cm³/mol. The molecule has 5 heteroatoms. The van der Waals surface area contributed by atoms with E-state index < -0.39 is 0 Å². The van der Waals surface area contributed by atoms with Gasteiger partial charge in [-0.15, -0.1) is 0 Å². The summed E-state index contributed by atoms with van der Waals surface area (Å²) >= 11 is 0. The Bertz CT molecular complexity index is 1140. The molecule has 0 fully saturated rings. The highest BCUT2D eigenvalue weighted by atomic mass is 16.5. The molecule has 0 unspecified atom stereocenters. The van der Waals surface area contributed by atoms with Gasteiger partial charge in [-0.05, 0) is 50.5 Å². The van der Waals surface area contributed by atoms with Gasteiger partial charge in [0.1, 0.15) is 19.0 Å². The molecule has 1 aromatic heterocycles. The second-order valence-corrected chi connectivity index (χ2v) is 8.72. The number of fused-ring (bicyclic) bond motifs is 1. The maximum absolute atomic E-state index is 13.7. The first-order chi connectivity index (χ1) is 16.5. The van der Waals surface area contributed by atoms with Crippen LogP contribution in [-0.2, 0) is 13.2 Å². The lowest BCUT2D eigenvalue weighted by Crippen LogP contribution is -2.24.